The monoisotopic (exact) mass is 347 g/mol. The van der Waals surface area contributed by atoms with E-state index in [0.717, 1.165) is 36.0 Å². The van der Waals surface area contributed by atoms with E-state index in [9.17, 15) is 9.59 Å². The van der Waals surface area contributed by atoms with Gasteiger partial charge in [-0.25, -0.2) is 0 Å². The number of nitrogens with zero attached hydrogens (tertiary/aromatic N) is 1. The number of ketones is 1. The van der Waals surface area contributed by atoms with Crippen molar-refractivity contribution in [2.24, 2.45) is 0 Å². The Morgan fingerprint density at radius 2 is 1.85 bits per heavy atom. The van der Waals surface area contributed by atoms with Crippen molar-refractivity contribution < 1.29 is 9.59 Å². The number of benzene rings is 2. The molecule has 5 heteroatoms. The summed E-state index contributed by atoms with van der Waals surface area (Å²) in [6.45, 7) is 1.02. The fourth-order valence-corrected chi connectivity index (χ4v) is 3.63. The molecule has 1 fully saturated rings. The molecular formula is C21H21N3O2. The maximum Gasteiger partial charge on any atom is 0.241 e. The van der Waals surface area contributed by atoms with Crippen molar-refractivity contribution >= 4 is 28.3 Å². The third-order valence-corrected chi connectivity index (χ3v) is 4.94. The Balaban J connectivity index is 1.46. The lowest BCUT2D eigenvalue weighted by Crippen LogP contribution is -2.42. The van der Waals surface area contributed by atoms with Crippen LogP contribution in [0.1, 0.15) is 23.2 Å². The number of anilines is 1. The number of likely N-dealkylation sites (tertiary alicyclic amines) is 1. The number of aromatic nitrogens is 1. The van der Waals surface area contributed by atoms with Gasteiger partial charge in [0.1, 0.15) is 0 Å². The number of rotatable bonds is 5. The first-order valence-electron chi connectivity index (χ1n) is 8.91. The SMILES string of the molecule is O=C(CN1CCCC1C(=O)Nc1ccccc1)c1c[nH]c2ccccc12. The van der Waals surface area contributed by atoms with E-state index in [1.165, 1.54) is 0 Å². The molecule has 1 amide bonds. The third-order valence-electron chi connectivity index (χ3n) is 4.94. The van der Waals surface area contributed by atoms with Crippen molar-refractivity contribution in [3.05, 3.63) is 66.4 Å². The topological polar surface area (TPSA) is 65.2 Å². The molecule has 0 saturated carbocycles. The van der Waals surface area contributed by atoms with E-state index in [0.29, 0.717) is 5.56 Å². The van der Waals surface area contributed by atoms with Crippen LogP contribution in [-0.2, 0) is 4.79 Å². The van der Waals surface area contributed by atoms with Crippen molar-refractivity contribution in [3.8, 4) is 0 Å². The first-order chi connectivity index (χ1) is 12.7. The van der Waals surface area contributed by atoms with Gasteiger partial charge in [0.25, 0.3) is 0 Å². The molecule has 2 aromatic carbocycles. The zero-order valence-electron chi connectivity index (χ0n) is 14.4. The second-order valence-corrected chi connectivity index (χ2v) is 6.65. The molecule has 2 N–H and O–H groups in total. The first-order valence-corrected chi connectivity index (χ1v) is 8.91. The van der Waals surface area contributed by atoms with E-state index < -0.39 is 0 Å². The summed E-state index contributed by atoms with van der Waals surface area (Å²) in [4.78, 5) is 30.6. The number of nitrogens with one attached hydrogen (secondary N) is 2. The lowest BCUT2D eigenvalue weighted by Gasteiger charge is -2.22. The zero-order valence-corrected chi connectivity index (χ0v) is 14.4. The Kier molecular flexibility index (Phi) is 4.54. The predicted octanol–water partition coefficient (Wildman–Crippen LogP) is 3.45. The summed E-state index contributed by atoms with van der Waals surface area (Å²) >= 11 is 0. The largest absolute Gasteiger partial charge is 0.360 e. The van der Waals surface area contributed by atoms with Crippen LogP contribution >= 0.6 is 0 Å². The molecule has 1 aromatic heterocycles. The summed E-state index contributed by atoms with van der Waals surface area (Å²) in [6.07, 6.45) is 3.47. The van der Waals surface area contributed by atoms with Crippen molar-refractivity contribution in [3.63, 3.8) is 0 Å². The van der Waals surface area contributed by atoms with E-state index in [1.54, 1.807) is 6.20 Å². The molecule has 1 saturated heterocycles. The number of Topliss-reactive ketones (excluding diaryl/α,β-unsaturated/α-hetero) is 1. The molecule has 132 valence electrons. The number of H-pyrrole nitrogens is 1. The van der Waals surface area contributed by atoms with Gasteiger partial charge in [-0.3, -0.25) is 14.5 Å². The van der Waals surface area contributed by atoms with E-state index in [4.69, 9.17) is 0 Å². The van der Waals surface area contributed by atoms with Crippen LogP contribution < -0.4 is 5.32 Å². The van der Waals surface area contributed by atoms with E-state index in [-0.39, 0.29) is 24.3 Å². The van der Waals surface area contributed by atoms with Crippen molar-refractivity contribution in [1.82, 2.24) is 9.88 Å². The highest BCUT2D eigenvalue weighted by atomic mass is 16.2. The Hall–Kier alpha value is -2.92. The molecule has 1 aliphatic heterocycles. The highest BCUT2D eigenvalue weighted by Crippen LogP contribution is 2.22. The van der Waals surface area contributed by atoms with Crippen molar-refractivity contribution in [2.45, 2.75) is 18.9 Å². The lowest BCUT2D eigenvalue weighted by atomic mass is 10.1. The van der Waals surface area contributed by atoms with Crippen LogP contribution in [0, 0.1) is 0 Å². The molecule has 0 bridgehead atoms. The van der Waals surface area contributed by atoms with Gasteiger partial charge in [0.05, 0.1) is 12.6 Å². The van der Waals surface area contributed by atoms with Crippen LogP contribution in [0.2, 0.25) is 0 Å². The number of hydrogen-bond donors (Lipinski definition) is 2. The summed E-state index contributed by atoms with van der Waals surface area (Å²) in [5.41, 5.74) is 2.43. The molecule has 3 aromatic rings. The van der Waals surface area contributed by atoms with Gasteiger partial charge in [0.2, 0.25) is 5.91 Å². The molecule has 2 heterocycles. The molecule has 5 nitrogen and oxygen atoms in total. The molecule has 0 radical (unpaired) electrons. The molecule has 26 heavy (non-hydrogen) atoms. The predicted molar refractivity (Wildman–Crippen MR) is 102 cm³/mol. The minimum atomic E-state index is -0.260. The molecule has 0 aliphatic carbocycles. The van der Waals surface area contributed by atoms with Gasteiger partial charge in [-0.05, 0) is 37.6 Å². The highest BCUT2D eigenvalue weighted by Gasteiger charge is 2.32. The second-order valence-electron chi connectivity index (χ2n) is 6.65. The molecule has 0 spiro atoms. The quantitative estimate of drug-likeness (QED) is 0.695. The average molecular weight is 347 g/mol. The van der Waals surface area contributed by atoms with E-state index in [1.807, 2.05) is 59.5 Å². The van der Waals surface area contributed by atoms with Gasteiger partial charge in [-0.1, -0.05) is 36.4 Å². The second kappa shape index (κ2) is 7.14. The van der Waals surface area contributed by atoms with Gasteiger partial charge < -0.3 is 10.3 Å². The maximum absolute atomic E-state index is 12.8. The number of carbonyl (C=O) groups is 2. The van der Waals surface area contributed by atoms with Gasteiger partial charge in [-0.15, -0.1) is 0 Å². The van der Waals surface area contributed by atoms with Crippen LogP contribution in [0.4, 0.5) is 5.69 Å². The summed E-state index contributed by atoms with van der Waals surface area (Å²) in [6, 6.07) is 17.0. The fourth-order valence-electron chi connectivity index (χ4n) is 3.63. The molecule has 1 unspecified atom stereocenters. The molecule has 1 aliphatic rings. The minimum absolute atomic E-state index is 0.0413. The zero-order chi connectivity index (χ0) is 17.9. The number of aromatic amines is 1. The minimum Gasteiger partial charge on any atom is -0.360 e. The molecule has 4 rings (SSSR count). The standard InChI is InChI=1S/C21H21N3O2/c25-20(17-13-22-18-10-5-4-9-16(17)18)14-24-12-6-11-19(24)21(26)23-15-7-2-1-3-8-15/h1-5,7-10,13,19,22H,6,11-12,14H2,(H,23,26). The van der Waals surface area contributed by atoms with Crippen LogP contribution in [-0.4, -0.2) is 40.7 Å². The van der Waals surface area contributed by atoms with Crippen LogP contribution in [0.5, 0.6) is 0 Å². The van der Waals surface area contributed by atoms with Crippen LogP contribution in [0.25, 0.3) is 10.9 Å². The Morgan fingerprint density at radius 3 is 2.69 bits per heavy atom. The number of para-hydroxylation sites is 2. The number of carbonyl (C=O) groups excluding carboxylic acids is 2. The smallest absolute Gasteiger partial charge is 0.241 e. The Bertz CT molecular complexity index is 933. The summed E-state index contributed by atoms with van der Waals surface area (Å²) in [5, 5.41) is 3.89. The Labute approximate surface area is 152 Å². The maximum atomic E-state index is 12.8. The number of hydrogen-bond acceptors (Lipinski definition) is 3. The lowest BCUT2D eigenvalue weighted by molar-refractivity contribution is -0.120. The van der Waals surface area contributed by atoms with Gasteiger partial charge in [-0.2, -0.15) is 0 Å². The van der Waals surface area contributed by atoms with Gasteiger partial charge >= 0.3 is 0 Å². The summed E-state index contributed by atoms with van der Waals surface area (Å²) < 4.78 is 0. The van der Waals surface area contributed by atoms with E-state index >= 15 is 0 Å². The normalized spacial score (nSPS) is 17.5. The van der Waals surface area contributed by atoms with Crippen molar-refractivity contribution in [1.29, 1.82) is 0 Å². The molecule has 1 atom stereocenters. The van der Waals surface area contributed by atoms with Gasteiger partial charge in [0.15, 0.2) is 5.78 Å². The van der Waals surface area contributed by atoms with Crippen LogP contribution in [0.3, 0.4) is 0 Å². The summed E-state index contributed by atoms with van der Waals surface area (Å²) in [7, 11) is 0. The van der Waals surface area contributed by atoms with Crippen molar-refractivity contribution in [2.75, 3.05) is 18.4 Å². The van der Waals surface area contributed by atoms with E-state index in [2.05, 4.69) is 10.3 Å². The summed E-state index contributed by atoms with van der Waals surface area (Å²) in [5.74, 6) is 0.00212. The van der Waals surface area contributed by atoms with Gasteiger partial charge in [0, 0.05) is 28.4 Å². The fraction of sp³-hybridized carbons (Fsp3) is 0.238. The average Bonchev–Trinajstić information content (AvgIpc) is 3.29. The molecular weight excluding hydrogens is 326 g/mol. The van der Waals surface area contributed by atoms with Crippen LogP contribution in [0.15, 0.2) is 60.8 Å². The Morgan fingerprint density at radius 1 is 1.08 bits per heavy atom. The number of fused-ring (bicyclic) bond motifs is 1. The highest BCUT2D eigenvalue weighted by molar-refractivity contribution is 6.09. The third kappa shape index (κ3) is 3.26. The first kappa shape index (κ1) is 16.5. The number of amides is 1.